The van der Waals surface area contributed by atoms with Gasteiger partial charge in [0.25, 0.3) is 11.8 Å². The van der Waals surface area contributed by atoms with Crippen LogP contribution in [0.25, 0.3) is 0 Å². The fourth-order valence-electron chi connectivity index (χ4n) is 6.86. The molecule has 0 saturated carbocycles. The summed E-state index contributed by atoms with van der Waals surface area (Å²) < 4.78 is 7.06. The van der Waals surface area contributed by atoms with Crippen molar-refractivity contribution in [2.24, 2.45) is 0 Å². The van der Waals surface area contributed by atoms with Crippen molar-refractivity contribution in [3.8, 4) is 0 Å². The van der Waals surface area contributed by atoms with Crippen LogP contribution < -0.4 is 22.5 Å². The molecule has 93 heavy (non-hydrogen) atoms. The van der Waals surface area contributed by atoms with E-state index in [2.05, 4.69) is 68.9 Å². The number of esters is 1. The summed E-state index contributed by atoms with van der Waals surface area (Å²) in [5.74, 6) is -2.31. The molecule has 0 aromatic heterocycles. The molecule has 0 unspecified atom stereocenters. The number of rotatable bonds is 12. The van der Waals surface area contributed by atoms with E-state index in [1.54, 1.807) is 144 Å². The van der Waals surface area contributed by atoms with Gasteiger partial charge in [-0.3, -0.25) is 28.8 Å². The van der Waals surface area contributed by atoms with Crippen LogP contribution >= 0.6 is 118 Å². The summed E-state index contributed by atoms with van der Waals surface area (Å²) in [4.78, 5) is 92.3. The molecule has 2 N–H and O–H groups in total. The third-order valence-electron chi connectivity index (χ3n) is 11.5. The molecule has 14 nitrogen and oxygen atoms in total. The number of hydroxylamine groups is 3. The van der Waals surface area contributed by atoms with E-state index in [9.17, 15) is 33.6 Å². The number of benzene rings is 9. The largest absolute Gasteiger partial charge is 2.00 e. The van der Waals surface area contributed by atoms with Crippen LogP contribution in [0.1, 0.15) is 89.2 Å². The molecule has 0 heterocycles. The second-order valence-electron chi connectivity index (χ2n) is 17.8. The second-order valence-corrected chi connectivity index (χ2v) is 22.6. The SMILES string of the molecule is CN(C)C(=O)c1ccc(C(=O)c2ccccc2)c(Cl)c1.CNOC.COC(=O)c1ccc(C(=O)c2ccccc2)c(Cl)c1.CON(C)C(=O)c1ccc(Br)cc1Cl.Cl.O=C(O)c1ccc(Br)cc1Cl.O=C(c1ccccc1)c1ccc(Br)cc1Cl.[Br-].[Mg+2].[c-]1ccccc1. The monoisotopic (exact) mass is 1640 g/mol. The molecule has 9 aromatic rings. The van der Waals surface area contributed by atoms with Crippen LogP contribution in [-0.4, -0.2) is 129 Å². The zero-order chi connectivity index (χ0) is 66.9. The summed E-state index contributed by atoms with van der Waals surface area (Å²) in [6, 6.07) is 63.5. The maximum atomic E-state index is 12.3. The third-order valence-corrected chi connectivity index (χ3v) is 14.5. The van der Waals surface area contributed by atoms with Gasteiger partial charge in [0.1, 0.15) is 0 Å². The molecule has 0 aliphatic rings. The van der Waals surface area contributed by atoms with Gasteiger partial charge in [-0.15, -0.1) is 12.4 Å². The van der Waals surface area contributed by atoms with Gasteiger partial charge in [-0.25, -0.2) is 20.1 Å². The van der Waals surface area contributed by atoms with Crippen LogP contribution in [0.4, 0.5) is 0 Å². The number of aromatic carboxylic acids is 1. The van der Waals surface area contributed by atoms with Gasteiger partial charge in [-0.2, -0.15) is 36.4 Å². The number of carbonyl (C=O) groups excluding carboxylic acids is 6. The Morgan fingerprint density at radius 3 is 1.03 bits per heavy atom. The number of halogens is 10. The number of hydrogen-bond donors (Lipinski definition) is 2. The first-order valence-electron chi connectivity index (χ1n) is 26.1. The van der Waals surface area contributed by atoms with Gasteiger partial charge in [0.05, 0.1) is 63.1 Å². The summed E-state index contributed by atoms with van der Waals surface area (Å²) in [5.41, 5.74) is 6.79. The van der Waals surface area contributed by atoms with Crippen molar-refractivity contribution in [1.29, 1.82) is 0 Å². The first kappa shape index (κ1) is 87.2. The van der Waals surface area contributed by atoms with Gasteiger partial charge in [-0.1, -0.05) is 197 Å². The molecule has 0 aliphatic heterocycles. The van der Waals surface area contributed by atoms with Gasteiger partial charge < -0.3 is 36.6 Å². The molecule has 9 aromatic carbocycles. The van der Waals surface area contributed by atoms with Gasteiger partial charge >= 0.3 is 35.0 Å². The summed E-state index contributed by atoms with van der Waals surface area (Å²) in [5, 5.41) is 11.3. The molecule has 484 valence electrons. The topological polar surface area (TPSA) is 186 Å². The summed E-state index contributed by atoms with van der Waals surface area (Å²) in [6.07, 6.45) is 0. The van der Waals surface area contributed by atoms with Crippen LogP contribution in [0.2, 0.25) is 25.1 Å². The van der Waals surface area contributed by atoms with Crippen molar-refractivity contribution in [1.82, 2.24) is 15.4 Å². The van der Waals surface area contributed by atoms with Crippen molar-refractivity contribution < 1.29 is 70.1 Å². The molecule has 0 saturated heterocycles. The fourth-order valence-corrected chi connectivity index (χ4v) is 9.66. The summed E-state index contributed by atoms with van der Waals surface area (Å²) >= 11 is 39.4. The number of ether oxygens (including phenoxy) is 1. The predicted octanol–water partition coefficient (Wildman–Crippen LogP) is 14.8. The summed E-state index contributed by atoms with van der Waals surface area (Å²) in [6.45, 7) is 0. The standard InChI is InChI=1S/C16H14ClNO2.C15H11ClO3.C13H8BrClO.C9H9BrClNO2.C7H4BrClO2.C6H5.C2H7NO.BrH.ClH.Mg/c1-18(2)16(20)12-8-9-13(14(17)10-12)15(19)11-6-4-3-5-7-11;1-19-15(18)11-7-8-12(13(16)9-11)14(17)10-5-3-2-4-6-10;14-10-6-7-11(12(15)8-10)13(16)9-4-2-1-3-5-9;1-12(14-2)9(13)7-4-3-6(10)5-8(7)11;8-4-1-2-5(7(10)11)6(9)3-4;1-2-4-6-5-3-1;1-3-4-2;;;/h3-10H,1-2H3;2-9H,1H3;1-8H;3-5H,1-2H3;1-3H,(H,10,11);1-5H;3H,1-2H3;2*1H;/q;;;;;-1;;;;+2/p-1. The minimum atomic E-state index is -1.01. The van der Waals surface area contributed by atoms with Crippen molar-refractivity contribution in [2.75, 3.05) is 49.5 Å². The number of methoxy groups -OCH3 is 1. The maximum Gasteiger partial charge on any atom is 2.00 e. The Balaban J connectivity index is 0.00000110. The molecule has 0 spiro atoms. The van der Waals surface area contributed by atoms with Crippen LogP contribution in [0.3, 0.4) is 0 Å². The number of amides is 2. The van der Waals surface area contributed by atoms with Crippen LogP contribution in [0, 0.1) is 6.07 Å². The smallest absolute Gasteiger partial charge is 1.00 e. The van der Waals surface area contributed by atoms with E-state index in [1.165, 1.54) is 56.5 Å². The van der Waals surface area contributed by atoms with E-state index in [-0.39, 0.29) is 102 Å². The number of carboxylic acid groups (broad SMARTS) is 1. The third kappa shape index (κ3) is 30.2. The first-order chi connectivity index (χ1) is 42.9. The zero-order valence-electron chi connectivity index (χ0n) is 50.6. The minimum Gasteiger partial charge on any atom is -1.00 e. The van der Waals surface area contributed by atoms with E-state index in [4.69, 9.17) is 67.9 Å². The molecule has 9 rings (SSSR count). The van der Waals surface area contributed by atoms with E-state index < -0.39 is 11.9 Å². The Labute approximate surface area is 623 Å². The molecule has 0 fully saturated rings. The number of carbonyl (C=O) groups is 7. The fraction of sp³-hybridized carbons (Fsp3) is 0.103. The number of hydrogen-bond acceptors (Lipinski definition) is 11. The Bertz CT molecular complexity index is 3810. The molecule has 0 bridgehead atoms. The Morgan fingerprint density at radius 2 is 0.753 bits per heavy atom. The van der Waals surface area contributed by atoms with E-state index in [0.717, 1.165) is 18.5 Å². The number of nitrogens with one attached hydrogen (secondary N) is 1. The van der Waals surface area contributed by atoms with Crippen LogP contribution in [0.5, 0.6) is 0 Å². The Morgan fingerprint density at radius 1 is 0.441 bits per heavy atom. The number of ketones is 3. The van der Waals surface area contributed by atoms with Gasteiger partial charge in [0, 0.05) is 80.6 Å². The van der Waals surface area contributed by atoms with Gasteiger partial charge in [0.2, 0.25) is 0 Å². The number of nitrogens with zero attached hydrogens (tertiary/aromatic N) is 2. The molecular formula is C68H59Br4Cl6MgN3O11. The van der Waals surface area contributed by atoms with Crippen LogP contribution in [0.15, 0.2) is 226 Å². The Hall–Kier alpha value is -5.82. The predicted molar refractivity (Wildman–Crippen MR) is 380 cm³/mol. The quantitative estimate of drug-likeness (QED) is 0.0388. The average Bonchev–Trinajstić information content (AvgIpc) is 0.973. The second kappa shape index (κ2) is 47.1. The van der Waals surface area contributed by atoms with Crippen molar-refractivity contribution in [3.05, 3.63) is 313 Å². The molecule has 0 radical (unpaired) electrons. The molecule has 0 atom stereocenters. The molecular weight excluding hydrogens is 1590 g/mol. The zero-order valence-corrected chi connectivity index (χ0v) is 63.0. The van der Waals surface area contributed by atoms with Crippen molar-refractivity contribution in [3.63, 3.8) is 0 Å². The van der Waals surface area contributed by atoms with E-state index in [1.807, 2.05) is 66.7 Å². The first-order valence-corrected chi connectivity index (χ1v) is 30.4. The Kier molecular flexibility index (Phi) is 44.2. The van der Waals surface area contributed by atoms with Crippen LogP contribution in [-0.2, 0) is 14.4 Å². The number of carboxylic acids is 1. The van der Waals surface area contributed by atoms with Crippen molar-refractivity contribution in [2.45, 2.75) is 0 Å². The normalized spacial score (nSPS) is 9.45. The molecule has 2 amide bonds. The molecule has 0 aliphatic carbocycles. The van der Waals surface area contributed by atoms with Crippen molar-refractivity contribution >= 4 is 182 Å². The van der Waals surface area contributed by atoms with E-state index in [0.29, 0.717) is 60.1 Å². The van der Waals surface area contributed by atoms with Gasteiger partial charge in [0.15, 0.2) is 17.3 Å². The van der Waals surface area contributed by atoms with E-state index >= 15 is 0 Å². The molecule has 25 heteroatoms. The average molecular weight is 1650 g/mol. The summed E-state index contributed by atoms with van der Waals surface area (Å²) in [7, 11) is 10.9. The van der Waals surface area contributed by atoms with Gasteiger partial charge in [-0.05, 0) is 91.0 Å². The maximum absolute atomic E-state index is 12.3. The minimum absolute atomic E-state index is 0.